The first-order valence-electron chi connectivity index (χ1n) is 14.5. The predicted molar refractivity (Wildman–Crippen MR) is 167 cm³/mol. The Kier molecular flexibility index (Phi) is 8.37. The third kappa shape index (κ3) is 5.63. The number of hydrogen-bond acceptors (Lipinski definition) is 9. The van der Waals surface area contributed by atoms with E-state index >= 15 is 0 Å². The molecule has 4 aromatic rings. The van der Waals surface area contributed by atoms with E-state index in [4.69, 9.17) is 9.47 Å². The highest BCUT2D eigenvalue weighted by Gasteiger charge is 2.73. The molecule has 0 spiro atoms. The van der Waals surface area contributed by atoms with Crippen molar-refractivity contribution in [2.45, 2.75) is 35.7 Å². The van der Waals surface area contributed by atoms with Gasteiger partial charge in [-0.15, -0.1) is 0 Å². The van der Waals surface area contributed by atoms with Crippen molar-refractivity contribution in [1.29, 1.82) is 0 Å². The largest absolute Gasteiger partial charge is 0.451 e. The maximum Gasteiger partial charge on any atom is 0.407 e. The molecule has 2 unspecified atom stereocenters. The second-order valence-corrected chi connectivity index (χ2v) is 13.6. The first-order valence-corrected chi connectivity index (χ1v) is 16.0. The molecule has 2 fully saturated rings. The van der Waals surface area contributed by atoms with E-state index < -0.39 is 56.7 Å². The van der Waals surface area contributed by atoms with Gasteiger partial charge in [0, 0.05) is 25.1 Å². The van der Waals surface area contributed by atoms with Gasteiger partial charge in [-0.25, -0.2) is 18.0 Å². The zero-order valence-electron chi connectivity index (χ0n) is 24.7. The van der Waals surface area contributed by atoms with E-state index in [0.29, 0.717) is 16.8 Å². The lowest BCUT2D eigenvalue weighted by Crippen LogP contribution is -2.60. The number of nitrogens with zero attached hydrogens (tertiary/aromatic N) is 3. The maximum absolute atomic E-state index is 14.3. The van der Waals surface area contributed by atoms with Gasteiger partial charge in [0.05, 0.1) is 11.3 Å². The Morgan fingerprint density at radius 3 is 2.17 bits per heavy atom. The molecule has 2 aliphatic rings. The third-order valence-electron chi connectivity index (χ3n) is 8.13. The minimum atomic E-state index is -4.36. The lowest BCUT2D eigenvalue weighted by atomic mass is 9.94. The number of alkyl carbamates (subject to hydrolysis) is 1. The molecule has 0 radical (unpaired) electrons. The molecule has 0 aliphatic carbocycles. The Balaban J connectivity index is 1.33. The van der Waals surface area contributed by atoms with Gasteiger partial charge < -0.3 is 19.7 Å². The molecule has 3 atom stereocenters. The van der Waals surface area contributed by atoms with Crippen LogP contribution >= 0.6 is 0 Å². The molecule has 12 heteroatoms. The Labute approximate surface area is 265 Å². The summed E-state index contributed by atoms with van der Waals surface area (Å²) in [5.74, 6) is -1.60. The predicted octanol–water partition coefficient (Wildman–Crippen LogP) is 3.84. The number of carbonyl (C=O) groups excluding carboxylic acids is 3. The van der Waals surface area contributed by atoms with Crippen LogP contribution in [0.5, 0.6) is 0 Å². The molecule has 6 rings (SSSR count). The fourth-order valence-electron chi connectivity index (χ4n) is 5.70. The standard InChI is InChI=1S/C34H30N4O7S/c1-34(22-44-33(41)37-21-23-15-18-35-19-16-23)29(32(40)45-28(24-10-4-2-5-11-24)25-12-6-3-7-13-25)38-30(39)27(31(38)46(34,42)43)20-26-14-8-9-17-36-26/h2-20,28-29,31H,21-22H2,1H3,(H,37,41)/b27-20-/t29-,31?,34?/m0/s1. The molecule has 2 aromatic carbocycles. The second kappa shape index (κ2) is 12.6. The number of ether oxygens (including phenoxy) is 2. The number of hydrogen-bond donors (Lipinski definition) is 1. The Bertz CT molecular complexity index is 1830. The lowest BCUT2D eigenvalue weighted by Gasteiger charge is -2.39. The smallest absolute Gasteiger partial charge is 0.407 e. The van der Waals surface area contributed by atoms with Gasteiger partial charge in [0.1, 0.15) is 11.4 Å². The molecule has 2 aliphatic heterocycles. The highest BCUT2D eigenvalue weighted by molar-refractivity contribution is 7.94. The molecule has 2 amide bonds. The summed E-state index contributed by atoms with van der Waals surface area (Å²) in [6.45, 7) is 0.695. The number of benzene rings is 2. The van der Waals surface area contributed by atoms with Crippen LogP contribution in [0.15, 0.2) is 115 Å². The number of pyridine rings is 2. The molecule has 0 saturated carbocycles. The molecule has 2 saturated heterocycles. The van der Waals surface area contributed by atoms with Gasteiger partial charge in [-0.1, -0.05) is 66.7 Å². The van der Waals surface area contributed by atoms with E-state index in [1.165, 1.54) is 19.2 Å². The minimum Gasteiger partial charge on any atom is -0.451 e. The SMILES string of the molecule is CC1(COC(=O)NCc2ccncc2)[C@H](C(=O)OC(c2ccccc2)c2ccccc2)N2C(=O)/C(=C/c3ccccn3)C2S1(=O)=O. The number of rotatable bonds is 9. The van der Waals surface area contributed by atoms with Crippen molar-refractivity contribution in [2.24, 2.45) is 0 Å². The highest BCUT2D eigenvalue weighted by Crippen LogP contribution is 2.50. The summed E-state index contributed by atoms with van der Waals surface area (Å²) >= 11 is 0. The maximum atomic E-state index is 14.3. The third-order valence-corrected chi connectivity index (χ3v) is 10.8. The summed E-state index contributed by atoms with van der Waals surface area (Å²) in [5.41, 5.74) is 2.40. The average Bonchev–Trinajstić information content (AvgIpc) is 3.25. The Morgan fingerprint density at radius 1 is 0.935 bits per heavy atom. The summed E-state index contributed by atoms with van der Waals surface area (Å²) in [6, 6.07) is 24.8. The summed E-state index contributed by atoms with van der Waals surface area (Å²) in [5, 5.41) is 1.12. The monoisotopic (exact) mass is 638 g/mol. The van der Waals surface area contributed by atoms with Crippen molar-refractivity contribution in [2.75, 3.05) is 6.61 Å². The number of sulfone groups is 1. The fraction of sp³-hybridized carbons (Fsp3) is 0.206. The van der Waals surface area contributed by atoms with E-state index in [1.54, 1.807) is 91.3 Å². The van der Waals surface area contributed by atoms with Gasteiger partial charge in [-0.3, -0.25) is 14.8 Å². The quantitative estimate of drug-likeness (QED) is 0.164. The van der Waals surface area contributed by atoms with Crippen LogP contribution in [0.2, 0.25) is 0 Å². The van der Waals surface area contributed by atoms with E-state index in [1.807, 2.05) is 12.1 Å². The van der Waals surface area contributed by atoms with E-state index in [9.17, 15) is 22.8 Å². The van der Waals surface area contributed by atoms with Crippen LogP contribution in [0.3, 0.4) is 0 Å². The lowest BCUT2D eigenvalue weighted by molar-refractivity contribution is -0.161. The van der Waals surface area contributed by atoms with E-state index in [-0.39, 0.29) is 12.1 Å². The van der Waals surface area contributed by atoms with Gasteiger partial charge in [-0.2, -0.15) is 0 Å². The van der Waals surface area contributed by atoms with Crippen molar-refractivity contribution in [3.63, 3.8) is 0 Å². The topological polar surface area (TPSA) is 145 Å². The number of β-lactam (4-membered cyclic amide) rings is 1. The van der Waals surface area contributed by atoms with Crippen LogP contribution in [0, 0.1) is 0 Å². The molecule has 0 bridgehead atoms. The minimum absolute atomic E-state index is 0.0370. The number of carbonyl (C=O) groups is 3. The molecule has 11 nitrogen and oxygen atoms in total. The van der Waals surface area contributed by atoms with Crippen LogP contribution in [-0.4, -0.2) is 64.0 Å². The number of aromatic nitrogens is 2. The normalized spacial score (nSPS) is 22.2. The van der Waals surface area contributed by atoms with Crippen molar-refractivity contribution in [3.8, 4) is 0 Å². The van der Waals surface area contributed by atoms with Crippen molar-refractivity contribution < 1.29 is 32.3 Å². The van der Waals surface area contributed by atoms with Crippen molar-refractivity contribution >= 4 is 33.9 Å². The summed E-state index contributed by atoms with van der Waals surface area (Å²) < 4.78 is 38.0. The molecule has 46 heavy (non-hydrogen) atoms. The number of amides is 2. The molecule has 2 aromatic heterocycles. The van der Waals surface area contributed by atoms with Crippen LogP contribution in [0.4, 0.5) is 4.79 Å². The number of nitrogens with one attached hydrogen (secondary N) is 1. The number of esters is 1. The Morgan fingerprint density at radius 2 is 1.57 bits per heavy atom. The molecular formula is C34H30N4O7S. The highest BCUT2D eigenvalue weighted by atomic mass is 32.2. The Hall–Kier alpha value is -5.36. The van der Waals surface area contributed by atoms with Gasteiger partial charge >= 0.3 is 12.1 Å². The molecular weight excluding hydrogens is 608 g/mol. The van der Waals surface area contributed by atoms with Crippen molar-refractivity contribution in [3.05, 3.63) is 138 Å². The first kappa shape index (κ1) is 30.7. The van der Waals surface area contributed by atoms with Crippen LogP contribution in [-0.2, 0) is 35.4 Å². The van der Waals surface area contributed by atoms with E-state index in [2.05, 4.69) is 15.3 Å². The van der Waals surface area contributed by atoms with Gasteiger partial charge in [0.15, 0.2) is 27.4 Å². The van der Waals surface area contributed by atoms with Crippen LogP contribution < -0.4 is 5.32 Å². The zero-order valence-corrected chi connectivity index (χ0v) is 25.5. The average molecular weight is 639 g/mol. The summed E-state index contributed by atoms with van der Waals surface area (Å²) in [6.07, 6.45) is 4.27. The van der Waals surface area contributed by atoms with Gasteiger partial charge in [-0.05, 0) is 54.0 Å². The number of fused-ring (bicyclic) bond motifs is 1. The first-order chi connectivity index (χ1) is 22.2. The molecule has 1 N–H and O–H groups in total. The van der Waals surface area contributed by atoms with E-state index in [0.717, 1.165) is 10.5 Å². The van der Waals surface area contributed by atoms with Crippen molar-refractivity contribution in [1.82, 2.24) is 20.2 Å². The fourth-order valence-corrected chi connectivity index (χ4v) is 7.97. The van der Waals surface area contributed by atoms with Gasteiger partial charge in [0.2, 0.25) is 0 Å². The zero-order chi connectivity index (χ0) is 32.3. The summed E-state index contributed by atoms with van der Waals surface area (Å²) in [7, 11) is -4.36. The van der Waals surface area contributed by atoms with Gasteiger partial charge in [0.25, 0.3) is 5.91 Å². The van der Waals surface area contributed by atoms with Crippen LogP contribution in [0.1, 0.15) is 35.4 Å². The van der Waals surface area contributed by atoms with Crippen LogP contribution in [0.25, 0.3) is 6.08 Å². The molecule has 234 valence electrons. The summed E-state index contributed by atoms with van der Waals surface area (Å²) in [4.78, 5) is 49.6. The second-order valence-electron chi connectivity index (χ2n) is 11.1. The molecule has 4 heterocycles.